The van der Waals surface area contributed by atoms with E-state index >= 15 is 0 Å². The Bertz CT molecular complexity index is 366. The van der Waals surface area contributed by atoms with Gasteiger partial charge in [-0.05, 0) is 32.9 Å². The molecule has 0 radical (unpaired) electrons. The zero-order valence-electron chi connectivity index (χ0n) is 11.8. The molecule has 0 amide bonds. The summed E-state index contributed by atoms with van der Waals surface area (Å²) in [6, 6.07) is 5.63. The van der Waals surface area contributed by atoms with Crippen LogP contribution in [0.1, 0.15) is 27.2 Å². The van der Waals surface area contributed by atoms with Gasteiger partial charge in [0.05, 0.1) is 14.2 Å². The Morgan fingerprint density at radius 1 is 1.17 bits per heavy atom. The van der Waals surface area contributed by atoms with E-state index in [9.17, 15) is 0 Å². The number of methoxy groups -OCH3 is 2. The van der Waals surface area contributed by atoms with E-state index in [0.29, 0.717) is 17.2 Å². The monoisotopic (exact) mass is 253 g/mol. The number of hydrogen-bond donors (Lipinski definition) is 1. The van der Waals surface area contributed by atoms with Gasteiger partial charge in [-0.1, -0.05) is 6.07 Å². The molecule has 1 unspecified atom stereocenters. The lowest BCUT2D eigenvalue weighted by atomic mass is 10.0. The molecule has 1 atom stereocenters. The van der Waals surface area contributed by atoms with Crippen molar-refractivity contribution in [2.24, 2.45) is 5.73 Å². The standard InChI is InChI=1S/C14H23NO3/c1-10(15)9-14(2,3)18-13-11(16-4)7-6-8-12(13)17-5/h6-8,10H,9,15H2,1-5H3. The Balaban J connectivity index is 3.01. The van der Waals surface area contributed by atoms with Gasteiger partial charge in [-0.25, -0.2) is 0 Å². The van der Waals surface area contributed by atoms with Crippen molar-refractivity contribution in [2.45, 2.75) is 38.8 Å². The molecule has 0 spiro atoms. The molecule has 0 saturated heterocycles. The Morgan fingerprint density at radius 2 is 1.67 bits per heavy atom. The SMILES string of the molecule is COc1cccc(OC)c1OC(C)(C)CC(C)N. The van der Waals surface area contributed by atoms with Crippen LogP contribution in [0.2, 0.25) is 0 Å². The highest BCUT2D eigenvalue weighted by molar-refractivity contribution is 5.51. The van der Waals surface area contributed by atoms with Crippen molar-refractivity contribution in [1.82, 2.24) is 0 Å². The second-order valence-corrected chi connectivity index (χ2v) is 5.03. The molecule has 18 heavy (non-hydrogen) atoms. The van der Waals surface area contributed by atoms with E-state index < -0.39 is 0 Å². The van der Waals surface area contributed by atoms with Gasteiger partial charge >= 0.3 is 0 Å². The van der Waals surface area contributed by atoms with Crippen molar-refractivity contribution in [3.63, 3.8) is 0 Å². The third kappa shape index (κ3) is 3.81. The van der Waals surface area contributed by atoms with Gasteiger partial charge in [0, 0.05) is 12.5 Å². The molecule has 0 aromatic heterocycles. The van der Waals surface area contributed by atoms with Crippen LogP contribution in [0.3, 0.4) is 0 Å². The molecule has 4 nitrogen and oxygen atoms in total. The Hall–Kier alpha value is -1.42. The molecule has 0 fully saturated rings. The Morgan fingerprint density at radius 3 is 2.06 bits per heavy atom. The molecule has 102 valence electrons. The maximum atomic E-state index is 6.03. The van der Waals surface area contributed by atoms with Crippen molar-refractivity contribution in [3.05, 3.63) is 18.2 Å². The van der Waals surface area contributed by atoms with Crippen molar-refractivity contribution in [1.29, 1.82) is 0 Å². The second kappa shape index (κ2) is 5.96. The summed E-state index contributed by atoms with van der Waals surface area (Å²) in [5.41, 5.74) is 5.45. The van der Waals surface area contributed by atoms with Crippen LogP contribution in [0.25, 0.3) is 0 Å². The summed E-state index contributed by atoms with van der Waals surface area (Å²) < 4.78 is 16.6. The van der Waals surface area contributed by atoms with Gasteiger partial charge in [-0.3, -0.25) is 0 Å². The predicted molar refractivity (Wildman–Crippen MR) is 72.5 cm³/mol. The number of ether oxygens (including phenoxy) is 3. The second-order valence-electron chi connectivity index (χ2n) is 5.03. The number of benzene rings is 1. The average Bonchev–Trinajstić information content (AvgIpc) is 2.27. The van der Waals surface area contributed by atoms with Gasteiger partial charge in [0.1, 0.15) is 5.60 Å². The molecule has 0 saturated carbocycles. The zero-order chi connectivity index (χ0) is 13.8. The van der Waals surface area contributed by atoms with Crippen LogP contribution in [0.15, 0.2) is 18.2 Å². The number of rotatable bonds is 6. The van der Waals surface area contributed by atoms with E-state index in [1.54, 1.807) is 14.2 Å². The summed E-state index contributed by atoms with van der Waals surface area (Å²) in [5.74, 6) is 1.94. The highest BCUT2D eigenvalue weighted by atomic mass is 16.5. The Kier molecular flexibility index (Phi) is 4.84. The molecular weight excluding hydrogens is 230 g/mol. The minimum Gasteiger partial charge on any atom is -0.493 e. The molecule has 1 aromatic carbocycles. The zero-order valence-corrected chi connectivity index (χ0v) is 11.8. The molecule has 1 aromatic rings. The van der Waals surface area contributed by atoms with Gasteiger partial charge < -0.3 is 19.9 Å². The van der Waals surface area contributed by atoms with Crippen molar-refractivity contribution >= 4 is 0 Å². The van der Waals surface area contributed by atoms with Crippen LogP contribution in [0.4, 0.5) is 0 Å². The summed E-state index contributed by atoms with van der Waals surface area (Å²) in [7, 11) is 3.22. The highest BCUT2D eigenvalue weighted by Crippen LogP contribution is 2.39. The molecule has 4 heteroatoms. The summed E-state index contributed by atoms with van der Waals surface area (Å²) in [4.78, 5) is 0. The van der Waals surface area contributed by atoms with E-state index in [-0.39, 0.29) is 11.6 Å². The summed E-state index contributed by atoms with van der Waals surface area (Å²) in [5, 5.41) is 0. The van der Waals surface area contributed by atoms with Crippen LogP contribution in [0.5, 0.6) is 17.2 Å². The van der Waals surface area contributed by atoms with E-state index in [2.05, 4.69) is 0 Å². The van der Waals surface area contributed by atoms with Crippen LogP contribution >= 0.6 is 0 Å². The first kappa shape index (κ1) is 14.6. The molecule has 0 aliphatic rings. The van der Waals surface area contributed by atoms with E-state index in [0.717, 1.165) is 6.42 Å². The van der Waals surface area contributed by atoms with Gasteiger partial charge in [0.25, 0.3) is 0 Å². The summed E-state index contributed by atoms with van der Waals surface area (Å²) in [6.07, 6.45) is 0.744. The smallest absolute Gasteiger partial charge is 0.204 e. The molecule has 0 aliphatic heterocycles. The van der Waals surface area contributed by atoms with Crippen molar-refractivity contribution in [2.75, 3.05) is 14.2 Å². The Labute approximate surface area is 109 Å². The topological polar surface area (TPSA) is 53.7 Å². The molecule has 2 N–H and O–H groups in total. The number of nitrogens with two attached hydrogens (primary N) is 1. The first-order valence-corrected chi connectivity index (χ1v) is 6.05. The third-order valence-corrected chi connectivity index (χ3v) is 2.57. The van der Waals surface area contributed by atoms with Gasteiger partial charge in [0.15, 0.2) is 11.5 Å². The average molecular weight is 253 g/mol. The van der Waals surface area contributed by atoms with Crippen LogP contribution in [0, 0.1) is 0 Å². The van der Waals surface area contributed by atoms with E-state index in [1.165, 1.54) is 0 Å². The van der Waals surface area contributed by atoms with Gasteiger partial charge in [-0.15, -0.1) is 0 Å². The lowest BCUT2D eigenvalue weighted by Gasteiger charge is -2.29. The van der Waals surface area contributed by atoms with Crippen LogP contribution in [-0.4, -0.2) is 25.9 Å². The van der Waals surface area contributed by atoms with Crippen LogP contribution in [-0.2, 0) is 0 Å². The van der Waals surface area contributed by atoms with Crippen molar-refractivity contribution < 1.29 is 14.2 Å². The lowest BCUT2D eigenvalue weighted by Crippen LogP contribution is -2.35. The first-order chi connectivity index (χ1) is 8.39. The molecular formula is C14H23NO3. The molecule has 0 bridgehead atoms. The molecule has 0 heterocycles. The quantitative estimate of drug-likeness (QED) is 0.846. The predicted octanol–water partition coefficient (Wildman–Crippen LogP) is 2.60. The van der Waals surface area contributed by atoms with E-state index in [4.69, 9.17) is 19.9 Å². The first-order valence-electron chi connectivity index (χ1n) is 6.05. The summed E-state index contributed by atoms with van der Waals surface area (Å²) >= 11 is 0. The molecule has 0 aliphatic carbocycles. The van der Waals surface area contributed by atoms with E-state index in [1.807, 2.05) is 39.0 Å². The number of hydrogen-bond acceptors (Lipinski definition) is 4. The largest absolute Gasteiger partial charge is 0.493 e. The summed E-state index contributed by atoms with van der Waals surface area (Å²) in [6.45, 7) is 5.97. The van der Waals surface area contributed by atoms with Crippen LogP contribution < -0.4 is 19.9 Å². The fourth-order valence-electron chi connectivity index (χ4n) is 2.01. The molecule has 1 rings (SSSR count). The fraction of sp³-hybridized carbons (Fsp3) is 0.571. The third-order valence-electron chi connectivity index (χ3n) is 2.57. The minimum absolute atomic E-state index is 0.0701. The fourth-order valence-corrected chi connectivity index (χ4v) is 2.01. The van der Waals surface area contributed by atoms with Gasteiger partial charge in [-0.2, -0.15) is 0 Å². The van der Waals surface area contributed by atoms with Crippen molar-refractivity contribution in [3.8, 4) is 17.2 Å². The number of para-hydroxylation sites is 1. The lowest BCUT2D eigenvalue weighted by molar-refractivity contribution is 0.0853. The maximum Gasteiger partial charge on any atom is 0.204 e. The van der Waals surface area contributed by atoms with Gasteiger partial charge in [0.2, 0.25) is 5.75 Å². The maximum absolute atomic E-state index is 6.03. The minimum atomic E-state index is -0.379. The normalized spacial score (nSPS) is 13.0. The highest BCUT2D eigenvalue weighted by Gasteiger charge is 2.25.